The van der Waals surface area contributed by atoms with Crippen LogP contribution in [0.15, 0.2) is 0 Å². The minimum Gasteiger partial charge on any atom is -0.385 e. The van der Waals surface area contributed by atoms with E-state index in [2.05, 4.69) is 0 Å². The highest BCUT2D eigenvalue weighted by atomic mass is 17.2. The highest BCUT2D eigenvalue weighted by Crippen LogP contribution is 1.99. The summed E-state index contributed by atoms with van der Waals surface area (Å²) in [5.41, 5.74) is 0. The van der Waals surface area contributed by atoms with Gasteiger partial charge in [0.05, 0.1) is 52.9 Å². The van der Waals surface area contributed by atoms with Crippen molar-refractivity contribution in [1.82, 2.24) is 0 Å². The molecule has 0 aliphatic rings. The highest BCUT2D eigenvalue weighted by Gasteiger charge is 1.97. The van der Waals surface area contributed by atoms with Crippen molar-refractivity contribution in [2.24, 2.45) is 0 Å². The second-order valence-electron chi connectivity index (χ2n) is 7.10. The summed E-state index contributed by atoms with van der Waals surface area (Å²) in [6.45, 7) is 5.97. The SMILES string of the molecule is COCCCCOOCCCCOOCCCCOOCCCCOOCCCCOC. The van der Waals surface area contributed by atoms with Gasteiger partial charge < -0.3 is 9.47 Å². The van der Waals surface area contributed by atoms with Crippen LogP contribution in [0.2, 0.25) is 0 Å². The monoisotopic (exact) mass is 470 g/mol. The summed E-state index contributed by atoms with van der Waals surface area (Å²) < 4.78 is 9.92. The van der Waals surface area contributed by atoms with Crippen molar-refractivity contribution in [2.45, 2.75) is 64.2 Å². The Morgan fingerprint density at radius 2 is 0.406 bits per heavy atom. The van der Waals surface area contributed by atoms with E-state index in [-0.39, 0.29) is 0 Å². The summed E-state index contributed by atoms with van der Waals surface area (Å²) in [5, 5.41) is 0. The van der Waals surface area contributed by atoms with Crippen molar-refractivity contribution in [2.75, 3.05) is 80.3 Å². The van der Waals surface area contributed by atoms with Crippen LogP contribution in [0.4, 0.5) is 0 Å². The van der Waals surface area contributed by atoms with Crippen molar-refractivity contribution in [1.29, 1.82) is 0 Å². The quantitative estimate of drug-likeness (QED) is 0.0908. The molecule has 0 amide bonds. The normalized spacial score (nSPS) is 11.4. The summed E-state index contributed by atoms with van der Waals surface area (Å²) in [6, 6.07) is 0. The Morgan fingerprint density at radius 1 is 0.250 bits per heavy atom. The van der Waals surface area contributed by atoms with E-state index in [9.17, 15) is 0 Å². The number of rotatable bonds is 29. The molecule has 0 aromatic rings. The fourth-order valence-corrected chi connectivity index (χ4v) is 2.25. The molecule has 10 nitrogen and oxygen atoms in total. The summed E-state index contributed by atoms with van der Waals surface area (Å²) in [7, 11) is 3.39. The van der Waals surface area contributed by atoms with Crippen molar-refractivity contribution in [3.05, 3.63) is 0 Å². The van der Waals surface area contributed by atoms with Gasteiger partial charge in [-0.1, -0.05) is 0 Å². The Bertz CT molecular complexity index is 293. The Balaban J connectivity index is 2.98. The molecule has 0 aromatic carbocycles. The van der Waals surface area contributed by atoms with Crippen LogP contribution in [-0.2, 0) is 48.6 Å². The zero-order chi connectivity index (χ0) is 23.2. The third-order valence-electron chi connectivity index (χ3n) is 4.10. The molecule has 0 saturated carbocycles. The largest absolute Gasteiger partial charge is 0.385 e. The van der Waals surface area contributed by atoms with Crippen LogP contribution in [0.5, 0.6) is 0 Å². The maximum atomic E-state index is 5.12. The first kappa shape index (κ1) is 31.6. The van der Waals surface area contributed by atoms with Gasteiger partial charge in [-0.25, -0.2) is 39.1 Å². The van der Waals surface area contributed by atoms with E-state index in [1.54, 1.807) is 14.2 Å². The van der Waals surface area contributed by atoms with Gasteiger partial charge in [0, 0.05) is 27.4 Å². The second kappa shape index (κ2) is 30.6. The van der Waals surface area contributed by atoms with Crippen LogP contribution in [-0.4, -0.2) is 80.3 Å². The second-order valence-corrected chi connectivity index (χ2v) is 7.10. The third-order valence-corrected chi connectivity index (χ3v) is 4.10. The van der Waals surface area contributed by atoms with Gasteiger partial charge >= 0.3 is 0 Å². The fraction of sp³-hybridized carbons (Fsp3) is 1.00. The minimum atomic E-state index is 0.535. The van der Waals surface area contributed by atoms with Crippen molar-refractivity contribution >= 4 is 0 Å². The zero-order valence-electron chi connectivity index (χ0n) is 20.2. The van der Waals surface area contributed by atoms with E-state index < -0.39 is 0 Å². The lowest BCUT2D eigenvalue weighted by Gasteiger charge is -2.06. The molecule has 10 heteroatoms. The van der Waals surface area contributed by atoms with Crippen LogP contribution in [0.3, 0.4) is 0 Å². The maximum absolute atomic E-state index is 5.12. The summed E-state index contributed by atoms with van der Waals surface area (Å²) in [4.78, 5) is 40.8. The molecule has 0 saturated heterocycles. The first-order valence-corrected chi connectivity index (χ1v) is 11.9. The van der Waals surface area contributed by atoms with Gasteiger partial charge in [-0.3, -0.25) is 0 Å². The zero-order valence-corrected chi connectivity index (χ0v) is 20.2. The average molecular weight is 471 g/mol. The van der Waals surface area contributed by atoms with Crippen LogP contribution in [0.1, 0.15) is 64.2 Å². The number of hydrogen-bond donors (Lipinski definition) is 0. The van der Waals surface area contributed by atoms with Crippen molar-refractivity contribution in [3.8, 4) is 0 Å². The molecule has 0 aromatic heterocycles. The number of unbranched alkanes of at least 4 members (excludes halogenated alkanes) is 5. The fourth-order valence-electron chi connectivity index (χ4n) is 2.25. The van der Waals surface area contributed by atoms with Crippen molar-refractivity contribution < 1.29 is 48.6 Å². The Morgan fingerprint density at radius 3 is 0.562 bits per heavy atom. The highest BCUT2D eigenvalue weighted by molar-refractivity contribution is 4.38. The van der Waals surface area contributed by atoms with Gasteiger partial charge in [0.2, 0.25) is 0 Å². The minimum absolute atomic E-state index is 0.535. The van der Waals surface area contributed by atoms with E-state index >= 15 is 0 Å². The van der Waals surface area contributed by atoms with E-state index in [4.69, 9.17) is 48.6 Å². The third kappa shape index (κ3) is 29.6. The molecule has 0 rings (SSSR count). The van der Waals surface area contributed by atoms with Crippen LogP contribution in [0.25, 0.3) is 0 Å². The molecule has 0 bridgehead atoms. The van der Waals surface area contributed by atoms with Crippen LogP contribution < -0.4 is 0 Å². The first-order chi connectivity index (χ1) is 15.9. The Hall–Kier alpha value is -0.400. The number of methoxy groups -OCH3 is 2. The molecule has 0 unspecified atom stereocenters. The topological polar surface area (TPSA) is 92.3 Å². The van der Waals surface area contributed by atoms with Gasteiger partial charge in [0.1, 0.15) is 0 Å². The molecule has 32 heavy (non-hydrogen) atoms. The molecular weight excluding hydrogens is 424 g/mol. The van der Waals surface area contributed by atoms with E-state index in [0.29, 0.717) is 52.9 Å². The number of hydrogen-bond acceptors (Lipinski definition) is 10. The summed E-state index contributed by atoms with van der Waals surface area (Å²) >= 11 is 0. The van der Waals surface area contributed by atoms with E-state index in [1.165, 1.54) is 0 Å². The maximum Gasteiger partial charge on any atom is 0.0823 e. The Labute approximate surface area is 193 Å². The smallest absolute Gasteiger partial charge is 0.0823 e. The van der Waals surface area contributed by atoms with Crippen molar-refractivity contribution in [3.63, 3.8) is 0 Å². The van der Waals surface area contributed by atoms with Gasteiger partial charge in [0.25, 0.3) is 0 Å². The molecular formula is C22H46O10. The molecule has 0 N–H and O–H groups in total. The first-order valence-electron chi connectivity index (χ1n) is 11.9. The molecule has 0 radical (unpaired) electrons. The molecule has 194 valence electrons. The standard InChI is InChI=1S/C22H46O10/c1-23-13-3-5-15-25-27-17-7-9-19-29-31-21-11-12-22-32-30-20-10-8-18-28-26-16-6-4-14-24-2/h3-22H2,1-2H3. The van der Waals surface area contributed by atoms with Crippen LogP contribution in [0, 0.1) is 0 Å². The molecule has 0 fully saturated rings. The average Bonchev–Trinajstić information content (AvgIpc) is 2.81. The molecule has 0 heterocycles. The lowest BCUT2D eigenvalue weighted by atomic mass is 10.3. The van der Waals surface area contributed by atoms with E-state index in [0.717, 1.165) is 77.4 Å². The lowest BCUT2D eigenvalue weighted by molar-refractivity contribution is -0.309. The van der Waals surface area contributed by atoms with Crippen LogP contribution >= 0.6 is 0 Å². The van der Waals surface area contributed by atoms with E-state index in [1.807, 2.05) is 0 Å². The molecule has 0 aliphatic carbocycles. The summed E-state index contributed by atoms with van der Waals surface area (Å²) in [5.74, 6) is 0. The summed E-state index contributed by atoms with van der Waals surface area (Å²) in [6.07, 6.45) is 8.96. The lowest BCUT2D eigenvalue weighted by Crippen LogP contribution is -2.04. The van der Waals surface area contributed by atoms with Gasteiger partial charge in [0.15, 0.2) is 0 Å². The molecule has 0 aliphatic heterocycles. The number of ether oxygens (including phenoxy) is 2. The van der Waals surface area contributed by atoms with Gasteiger partial charge in [-0.2, -0.15) is 0 Å². The predicted molar refractivity (Wildman–Crippen MR) is 118 cm³/mol. The molecule has 0 spiro atoms. The molecule has 0 atom stereocenters. The Kier molecular flexibility index (Phi) is 30.2. The van der Waals surface area contributed by atoms with Gasteiger partial charge in [-0.15, -0.1) is 0 Å². The predicted octanol–water partition coefficient (Wildman–Crippen LogP) is 3.97. The van der Waals surface area contributed by atoms with Gasteiger partial charge in [-0.05, 0) is 64.2 Å².